The summed E-state index contributed by atoms with van der Waals surface area (Å²) in [5.74, 6) is -0.0437. The molecule has 0 aliphatic heterocycles. The second-order valence-corrected chi connectivity index (χ2v) is 4.37. The van der Waals surface area contributed by atoms with Crippen molar-refractivity contribution in [3.63, 3.8) is 0 Å². The summed E-state index contributed by atoms with van der Waals surface area (Å²) in [6.45, 7) is 7.82. The van der Waals surface area contributed by atoms with Crippen molar-refractivity contribution >= 4 is 5.91 Å². The van der Waals surface area contributed by atoms with E-state index in [1.54, 1.807) is 0 Å². The highest BCUT2D eigenvalue weighted by Crippen LogP contribution is 2.10. The van der Waals surface area contributed by atoms with Gasteiger partial charge in [0.05, 0.1) is 0 Å². The molecule has 0 aliphatic rings. The highest BCUT2D eigenvalue weighted by Gasteiger charge is 2.07. The van der Waals surface area contributed by atoms with Gasteiger partial charge in [-0.05, 0) is 18.9 Å². The van der Waals surface area contributed by atoms with E-state index >= 15 is 0 Å². The summed E-state index contributed by atoms with van der Waals surface area (Å²) in [7, 11) is 0. The normalized spacial score (nSPS) is 12.1. The van der Waals surface area contributed by atoms with E-state index in [0.717, 1.165) is 12.8 Å². The van der Waals surface area contributed by atoms with Crippen LogP contribution >= 0.6 is 0 Å². The number of rotatable bonds is 10. The van der Waals surface area contributed by atoms with Crippen LogP contribution in [0.2, 0.25) is 0 Å². The molecule has 16 heavy (non-hydrogen) atoms. The van der Waals surface area contributed by atoms with E-state index in [4.69, 9.17) is 0 Å². The van der Waals surface area contributed by atoms with E-state index in [2.05, 4.69) is 25.7 Å². The molecular weight excluding hydrogens is 198 g/mol. The monoisotopic (exact) mass is 225 g/mol. The molecule has 0 heterocycles. The van der Waals surface area contributed by atoms with Gasteiger partial charge in [-0.25, -0.2) is 0 Å². The van der Waals surface area contributed by atoms with Crippen molar-refractivity contribution in [2.24, 2.45) is 0 Å². The van der Waals surface area contributed by atoms with E-state index < -0.39 is 0 Å². The van der Waals surface area contributed by atoms with E-state index in [0.29, 0.717) is 6.04 Å². The Hall–Kier alpha value is -0.790. The van der Waals surface area contributed by atoms with E-state index in [-0.39, 0.29) is 5.91 Å². The summed E-state index contributed by atoms with van der Waals surface area (Å²) < 4.78 is 0. The zero-order valence-corrected chi connectivity index (χ0v) is 10.9. The Bertz CT molecular complexity index is 189. The zero-order chi connectivity index (χ0) is 12.2. The Morgan fingerprint density at radius 2 is 1.81 bits per heavy atom. The first-order valence-electron chi connectivity index (χ1n) is 6.67. The van der Waals surface area contributed by atoms with Crippen LogP contribution in [0.25, 0.3) is 0 Å². The van der Waals surface area contributed by atoms with Gasteiger partial charge in [-0.3, -0.25) is 4.79 Å². The maximum atomic E-state index is 11.1. The van der Waals surface area contributed by atoms with Gasteiger partial charge < -0.3 is 5.32 Å². The molecule has 0 bridgehead atoms. The number of unbranched alkanes of at least 4 members (excludes halogenated alkanes) is 5. The number of carbonyl (C=O) groups is 1. The Kier molecular flexibility index (Phi) is 10.2. The Balaban J connectivity index is 3.47. The van der Waals surface area contributed by atoms with Crippen LogP contribution < -0.4 is 5.32 Å². The molecule has 2 nitrogen and oxygen atoms in total. The van der Waals surface area contributed by atoms with Crippen molar-refractivity contribution in [2.75, 3.05) is 0 Å². The lowest BCUT2D eigenvalue weighted by Gasteiger charge is -2.15. The molecule has 0 rings (SSSR count). The molecule has 94 valence electrons. The van der Waals surface area contributed by atoms with Gasteiger partial charge >= 0.3 is 0 Å². The highest BCUT2D eigenvalue weighted by molar-refractivity contribution is 5.87. The van der Waals surface area contributed by atoms with E-state index in [1.807, 2.05) is 0 Å². The van der Waals surface area contributed by atoms with Crippen LogP contribution in [0.1, 0.15) is 65.2 Å². The molecule has 0 aliphatic carbocycles. The third kappa shape index (κ3) is 8.51. The first kappa shape index (κ1) is 15.2. The fourth-order valence-corrected chi connectivity index (χ4v) is 1.81. The molecule has 2 heteroatoms. The second-order valence-electron chi connectivity index (χ2n) is 4.37. The number of nitrogens with one attached hydrogen (secondary N) is 1. The van der Waals surface area contributed by atoms with Gasteiger partial charge in [-0.2, -0.15) is 0 Å². The molecule has 0 spiro atoms. The van der Waals surface area contributed by atoms with Crippen molar-refractivity contribution in [3.8, 4) is 0 Å². The molecule has 0 aromatic heterocycles. The van der Waals surface area contributed by atoms with E-state index in [1.165, 1.54) is 44.6 Å². The van der Waals surface area contributed by atoms with Crippen LogP contribution in [0.3, 0.4) is 0 Å². The van der Waals surface area contributed by atoms with Gasteiger partial charge in [-0.1, -0.05) is 59.0 Å². The Morgan fingerprint density at radius 3 is 2.38 bits per heavy atom. The zero-order valence-electron chi connectivity index (χ0n) is 10.9. The third-order valence-corrected chi connectivity index (χ3v) is 2.93. The summed E-state index contributed by atoms with van der Waals surface area (Å²) >= 11 is 0. The lowest BCUT2D eigenvalue weighted by Crippen LogP contribution is -2.32. The summed E-state index contributed by atoms with van der Waals surface area (Å²) in [5, 5.41) is 2.96. The fourth-order valence-electron chi connectivity index (χ4n) is 1.81. The molecule has 1 atom stereocenters. The summed E-state index contributed by atoms with van der Waals surface area (Å²) in [6.07, 6.45) is 11.3. The van der Waals surface area contributed by atoms with Crippen LogP contribution in [0.15, 0.2) is 12.7 Å². The third-order valence-electron chi connectivity index (χ3n) is 2.93. The Labute approximate surface area is 101 Å². The molecular formula is C14H27NO. The molecule has 0 aromatic carbocycles. The number of carbonyl (C=O) groups excluding carboxylic acids is 1. The minimum absolute atomic E-state index is 0.0437. The van der Waals surface area contributed by atoms with Crippen molar-refractivity contribution in [3.05, 3.63) is 12.7 Å². The van der Waals surface area contributed by atoms with Crippen molar-refractivity contribution in [2.45, 2.75) is 71.3 Å². The topological polar surface area (TPSA) is 29.1 Å². The maximum Gasteiger partial charge on any atom is 0.243 e. The van der Waals surface area contributed by atoms with Crippen molar-refractivity contribution < 1.29 is 4.79 Å². The molecule has 0 radical (unpaired) electrons. The predicted octanol–water partition coefficient (Wildman–Crippen LogP) is 3.82. The SMILES string of the molecule is C=CC(=O)NC(CC)CCCCCCCC. The van der Waals surface area contributed by atoms with Crippen LogP contribution in [0.5, 0.6) is 0 Å². The largest absolute Gasteiger partial charge is 0.350 e. The van der Waals surface area contributed by atoms with Gasteiger partial charge in [0.15, 0.2) is 0 Å². The molecule has 0 saturated heterocycles. The molecule has 0 fully saturated rings. The number of hydrogen-bond donors (Lipinski definition) is 1. The summed E-state index contributed by atoms with van der Waals surface area (Å²) in [4.78, 5) is 11.1. The molecule has 0 saturated carbocycles. The smallest absolute Gasteiger partial charge is 0.243 e. The van der Waals surface area contributed by atoms with Crippen LogP contribution in [-0.2, 0) is 4.79 Å². The first-order valence-corrected chi connectivity index (χ1v) is 6.67. The highest BCUT2D eigenvalue weighted by atomic mass is 16.1. The second kappa shape index (κ2) is 10.7. The molecule has 1 amide bonds. The standard InChI is InChI=1S/C14H27NO/c1-4-7-8-9-10-11-12-13(5-2)15-14(16)6-3/h6,13H,3-5,7-12H2,1-2H3,(H,15,16). The van der Waals surface area contributed by atoms with Crippen LogP contribution in [-0.4, -0.2) is 11.9 Å². The van der Waals surface area contributed by atoms with Crippen molar-refractivity contribution in [1.82, 2.24) is 5.32 Å². The number of amides is 1. The average Bonchev–Trinajstić information content (AvgIpc) is 2.31. The Morgan fingerprint density at radius 1 is 1.19 bits per heavy atom. The van der Waals surface area contributed by atoms with Gasteiger partial charge in [0.25, 0.3) is 0 Å². The maximum absolute atomic E-state index is 11.1. The molecule has 1 unspecified atom stereocenters. The van der Waals surface area contributed by atoms with Gasteiger partial charge in [0.1, 0.15) is 0 Å². The van der Waals surface area contributed by atoms with Gasteiger partial charge in [0.2, 0.25) is 5.91 Å². The quantitative estimate of drug-likeness (QED) is 0.444. The molecule has 1 N–H and O–H groups in total. The minimum atomic E-state index is -0.0437. The van der Waals surface area contributed by atoms with Gasteiger partial charge in [-0.15, -0.1) is 0 Å². The van der Waals surface area contributed by atoms with Crippen LogP contribution in [0, 0.1) is 0 Å². The number of hydrogen-bond acceptors (Lipinski definition) is 1. The van der Waals surface area contributed by atoms with E-state index in [9.17, 15) is 4.79 Å². The summed E-state index contributed by atoms with van der Waals surface area (Å²) in [5.41, 5.74) is 0. The van der Waals surface area contributed by atoms with Crippen LogP contribution in [0.4, 0.5) is 0 Å². The summed E-state index contributed by atoms with van der Waals surface area (Å²) in [6, 6.07) is 0.330. The lowest BCUT2D eigenvalue weighted by molar-refractivity contribution is -0.117. The first-order chi connectivity index (χ1) is 7.74. The minimum Gasteiger partial charge on any atom is -0.350 e. The van der Waals surface area contributed by atoms with Crippen molar-refractivity contribution in [1.29, 1.82) is 0 Å². The lowest BCUT2D eigenvalue weighted by atomic mass is 10.0. The fraction of sp³-hybridized carbons (Fsp3) is 0.786. The molecule has 0 aromatic rings. The van der Waals surface area contributed by atoms with Gasteiger partial charge in [0, 0.05) is 6.04 Å². The average molecular weight is 225 g/mol. The predicted molar refractivity (Wildman–Crippen MR) is 70.4 cm³/mol.